The maximum Gasteiger partial charge on any atom is 0.330 e. The van der Waals surface area contributed by atoms with Gasteiger partial charge in [0.25, 0.3) is 19.3 Å². The van der Waals surface area contributed by atoms with Gasteiger partial charge >= 0.3 is 18.1 Å². The number of anilines is 8. The van der Waals surface area contributed by atoms with E-state index in [1.165, 1.54) is 37.5 Å². The van der Waals surface area contributed by atoms with Crippen LogP contribution >= 0.6 is 23.2 Å². The molecule has 6 aliphatic rings. The van der Waals surface area contributed by atoms with E-state index in [-0.39, 0.29) is 129 Å². The Balaban J connectivity index is 0.000000201. The summed E-state index contributed by atoms with van der Waals surface area (Å²) in [5, 5.41) is 5.54. The lowest BCUT2D eigenvalue weighted by Crippen LogP contribution is -2.50. The summed E-state index contributed by atoms with van der Waals surface area (Å²) in [5.41, 5.74) is 15.7. The normalized spacial score (nSPS) is 19.0. The number of hydrogen-bond acceptors (Lipinski definition) is 22. The molecule has 0 radical (unpaired) electrons. The lowest BCUT2D eigenvalue weighted by molar-refractivity contribution is -0.115. The number of ether oxygens (including phenoxy) is 6. The number of nitrogens with zero attached hydrogens (tertiary/aromatic N) is 12. The zero-order valence-electron chi connectivity index (χ0n) is 63.0. The van der Waals surface area contributed by atoms with Gasteiger partial charge in [0.2, 0.25) is 22.4 Å². The number of methoxy groups -OCH3 is 6. The highest BCUT2D eigenvalue weighted by atomic mass is 35.5. The molecule has 3 aromatic heterocycles. The third-order valence-electron chi connectivity index (χ3n) is 19.1. The molecular formula is C73H85Cl2F12N17O11. The largest absolute Gasteiger partial charge is 0.493 e. The molecule has 6 heterocycles. The molecule has 115 heavy (non-hydrogen) atoms. The number of amides is 6. The van der Waals surface area contributed by atoms with Crippen molar-refractivity contribution in [1.82, 2.24) is 29.9 Å². The van der Waals surface area contributed by atoms with Crippen LogP contribution in [0.1, 0.15) is 100 Å². The highest BCUT2D eigenvalue weighted by Gasteiger charge is 2.43. The molecule has 0 saturated heterocycles. The number of aromatic nitrogens is 6. The van der Waals surface area contributed by atoms with E-state index in [1.54, 1.807) is 0 Å². The molecule has 6 aromatic rings. The van der Waals surface area contributed by atoms with Gasteiger partial charge in [-0.25, -0.2) is 82.0 Å². The number of allylic oxidation sites excluding steroid dienone is 2. The second kappa shape index (κ2) is 41.2. The molecule has 28 nitrogen and oxygen atoms in total. The standard InChI is InChI=1S/C26H29F4N5O4.C22H26F4N6O3.C16H13ClF4N4O3.C6H14N2.C3H3ClO/c1-4-16(36)9-14-7-5-6-8-17(14)32-25-31-11-15-12-34(26(37)35(13-20(27)28)24(15)33-25)23-21(29)18(38-2)10-19(39-3)22(23)30;1-34-14-7-15(35-2)18(26)19(17(14)25)31-9-11-8-28-21(29-13-6-4-3-5-12(13)27)30-20(11)32(22(31)33)10-16(23)24;1-27-8-3-9(28-2)12(21)13(11(8)20)24-5-7-4-22-15(17)23-14(7)25(16(24)26)6-10(18)19;7-5-3-1-2-4-6(5)8;1-2-3(4)5/h4,10-11,14,17,20H,1,5-9,12-13H2,2-3H3,(H,31,32,33);7-8,12-13,16H,3-6,9-10,27H2,1-2H3,(H,28,29,30);3-4,10H,5-6H2,1-2H3;5-6H,1-4,7-8H2;2H,1H2. The number of halogens is 14. The van der Waals surface area contributed by atoms with Crippen molar-refractivity contribution in [2.24, 2.45) is 23.1 Å². The minimum absolute atomic E-state index is 0.00663. The Labute approximate surface area is 662 Å². The number of fused-ring (bicyclic) bond motifs is 3. The summed E-state index contributed by atoms with van der Waals surface area (Å²) in [7, 11) is 6.93. The van der Waals surface area contributed by atoms with Gasteiger partial charge in [-0.1, -0.05) is 51.7 Å². The minimum Gasteiger partial charge on any atom is -0.493 e. The maximum absolute atomic E-state index is 15.2. The van der Waals surface area contributed by atoms with Crippen LogP contribution in [0.25, 0.3) is 0 Å². The van der Waals surface area contributed by atoms with Crippen LogP contribution in [0.2, 0.25) is 5.28 Å². The lowest BCUT2D eigenvalue weighted by Gasteiger charge is -2.37. The van der Waals surface area contributed by atoms with E-state index in [0.717, 1.165) is 131 Å². The average Bonchev–Trinajstić information content (AvgIpc) is 0.759. The van der Waals surface area contributed by atoms with Crippen molar-refractivity contribution < 1.29 is 105 Å². The molecule has 8 N–H and O–H groups in total. The molecule has 3 aliphatic carbocycles. The summed E-state index contributed by atoms with van der Waals surface area (Å²) in [5.74, 6) is -9.61. The van der Waals surface area contributed by atoms with Crippen LogP contribution in [0.3, 0.4) is 0 Å². The molecule has 3 saturated carbocycles. The summed E-state index contributed by atoms with van der Waals surface area (Å²) in [6, 6.07) is -0.162. The van der Waals surface area contributed by atoms with E-state index in [2.05, 4.69) is 53.7 Å². The van der Waals surface area contributed by atoms with Gasteiger partial charge in [0.1, 0.15) is 34.5 Å². The van der Waals surface area contributed by atoms with Crippen molar-refractivity contribution in [2.45, 2.75) is 153 Å². The van der Waals surface area contributed by atoms with E-state index in [9.17, 15) is 59.1 Å². The van der Waals surface area contributed by atoms with Crippen LogP contribution in [0.15, 0.2) is 62.1 Å². The van der Waals surface area contributed by atoms with Gasteiger partial charge in [-0.3, -0.25) is 39.0 Å². The number of carbonyl (C=O) groups is 5. The van der Waals surface area contributed by atoms with Crippen molar-refractivity contribution in [3.05, 3.63) is 119 Å². The van der Waals surface area contributed by atoms with Crippen LogP contribution in [0.5, 0.6) is 34.5 Å². The number of alkyl halides is 6. The van der Waals surface area contributed by atoms with Crippen molar-refractivity contribution >= 4 is 98.7 Å². The molecule has 0 bridgehead atoms. The van der Waals surface area contributed by atoms with Gasteiger partial charge in [0.05, 0.1) is 81.9 Å². The predicted octanol–water partition coefficient (Wildman–Crippen LogP) is 13.6. The second-order valence-corrected chi connectivity index (χ2v) is 27.2. The number of rotatable bonds is 23. The maximum atomic E-state index is 15.2. The number of benzene rings is 3. The summed E-state index contributed by atoms with van der Waals surface area (Å²) < 4.78 is 200. The summed E-state index contributed by atoms with van der Waals surface area (Å²) in [4.78, 5) is 89.6. The van der Waals surface area contributed by atoms with Crippen LogP contribution in [-0.4, -0.2) is 171 Å². The molecule has 3 fully saturated rings. The quantitative estimate of drug-likeness (QED) is 0.0172. The van der Waals surface area contributed by atoms with Gasteiger partial charge in [0.15, 0.2) is 75.2 Å². The first-order valence-corrected chi connectivity index (χ1v) is 36.5. The zero-order valence-corrected chi connectivity index (χ0v) is 64.6. The monoisotopic (exact) mass is 1670 g/mol. The van der Waals surface area contributed by atoms with Crippen LogP contribution in [-0.2, 0) is 29.2 Å². The number of ketones is 1. The number of carbonyl (C=O) groups excluding carboxylic acids is 5. The van der Waals surface area contributed by atoms with Gasteiger partial charge < -0.3 is 56.3 Å². The van der Waals surface area contributed by atoms with Gasteiger partial charge in [-0.2, -0.15) is 15.0 Å². The number of urea groups is 3. The van der Waals surface area contributed by atoms with E-state index < -0.39 is 132 Å². The zero-order chi connectivity index (χ0) is 84.4. The smallest absolute Gasteiger partial charge is 0.330 e. The lowest BCUT2D eigenvalue weighted by atomic mass is 9.81. The molecule has 6 atom stereocenters. The average molecular weight is 1680 g/mol. The fourth-order valence-electron chi connectivity index (χ4n) is 13.4. The highest BCUT2D eigenvalue weighted by molar-refractivity contribution is 6.66. The fourth-order valence-corrected chi connectivity index (χ4v) is 13.5. The topological polar surface area (TPSA) is 340 Å². The van der Waals surface area contributed by atoms with E-state index in [1.807, 2.05) is 0 Å². The molecule has 42 heteroatoms. The first-order valence-electron chi connectivity index (χ1n) is 35.7. The van der Waals surface area contributed by atoms with E-state index >= 15 is 17.6 Å². The number of nitrogens with one attached hydrogen (secondary N) is 2. The Morgan fingerprint density at radius 1 is 0.478 bits per heavy atom. The molecule has 3 aromatic carbocycles. The molecule has 12 rings (SSSR count). The molecule has 6 amide bonds. The molecule has 3 aliphatic heterocycles. The number of hydrogen-bond donors (Lipinski definition) is 5. The van der Waals surface area contributed by atoms with Gasteiger partial charge in [-0.15, -0.1) is 0 Å². The van der Waals surface area contributed by atoms with Crippen molar-refractivity contribution in [1.29, 1.82) is 0 Å². The summed E-state index contributed by atoms with van der Waals surface area (Å²) in [6.45, 7) is 2.31. The van der Waals surface area contributed by atoms with E-state index in [0.29, 0.717) is 35.8 Å². The van der Waals surface area contributed by atoms with Crippen molar-refractivity contribution in [3.8, 4) is 34.5 Å². The Morgan fingerprint density at radius 3 is 1.08 bits per heavy atom. The third-order valence-corrected chi connectivity index (χ3v) is 19.5. The first kappa shape index (κ1) is 90.1. The summed E-state index contributed by atoms with van der Waals surface area (Å²) in [6.07, 6.45) is 9.52. The Kier molecular flexibility index (Phi) is 32.3. The Hall–Kier alpha value is -10.4. The first-order chi connectivity index (χ1) is 54.8. The summed E-state index contributed by atoms with van der Waals surface area (Å²) >= 11 is 10.4. The minimum atomic E-state index is -2.96. The third kappa shape index (κ3) is 21.8. The Morgan fingerprint density at radius 2 is 0.774 bits per heavy atom. The Bertz CT molecular complexity index is 4390. The molecular weight excluding hydrogens is 1590 g/mol. The van der Waals surface area contributed by atoms with Crippen LogP contribution < -0.4 is 85.7 Å². The number of nitrogens with two attached hydrogens (primary N) is 3. The van der Waals surface area contributed by atoms with Gasteiger partial charge in [0, 0.05) is 90.1 Å². The SMILES string of the molecule is C=CC(=O)CC1CCCCC1Nc1ncc2c(n1)N(CC(F)F)C(=O)N(c1c(F)c(OC)cc(OC)c1F)C2.C=CC(=O)Cl.COc1cc(OC)c(F)c(N2Cc3cnc(Cl)nc3N(CC(F)F)C2=O)c1F.COc1cc(OC)c(F)c(N2Cc3cnc(NC4CCCCC4N)nc3N(CC(F)F)C2=O)c1F.NC1CCCCC1N. The van der Waals surface area contributed by atoms with Crippen molar-refractivity contribution in [3.63, 3.8) is 0 Å². The van der Waals surface area contributed by atoms with Crippen LogP contribution in [0, 0.1) is 40.8 Å². The molecule has 6 unspecified atom stereocenters. The van der Waals surface area contributed by atoms with Crippen LogP contribution in [0.4, 0.5) is 113 Å². The van der Waals surface area contributed by atoms with Crippen molar-refractivity contribution in [2.75, 3.05) is 102 Å². The molecule has 0 spiro atoms. The predicted molar refractivity (Wildman–Crippen MR) is 403 cm³/mol. The van der Waals surface area contributed by atoms with Gasteiger partial charge in [-0.05, 0) is 79.8 Å². The molecule has 626 valence electrons. The highest BCUT2D eigenvalue weighted by Crippen LogP contribution is 2.45. The fraction of sp³-hybridized carbons (Fsp3) is 0.466. The second-order valence-electron chi connectivity index (χ2n) is 26.4. The van der Waals surface area contributed by atoms with E-state index in [4.69, 9.17) is 68.8 Å².